The van der Waals surface area contributed by atoms with Gasteiger partial charge in [0.2, 0.25) is 0 Å². The number of hydrogen-bond donors (Lipinski definition) is 1. The molecule has 110 valence electrons. The highest BCUT2D eigenvalue weighted by Gasteiger charge is 2.11. The van der Waals surface area contributed by atoms with Crippen molar-refractivity contribution < 1.29 is 18.7 Å². The first-order chi connectivity index (χ1) is 10.0. The third kappa shape index (κ3) is 3.72. The average molecular weight is 354 g/mol. The lowest BCUT2D eigenvalue weighted by molar-refractivity contribution is 0.0526. The second-order valence-electron chi connectivity index (χ2n) is 4.15. The van der Waals surface area contributed by atoms with Crippen molar-refractivity contribution in [1.29, 1.82) is 0 Å². The maximum Gasteiger partial charge on any atom is 0.338 e. The third-order valence-electron chi connectivity index (χ3n) is 2.63. The van der Waals surface area contributed by atoms with Crippen LogP contribution in [0.4, 0.5) is 10.1 Å². The van der Waals surface area contributed by atoms with E-state index in [1.165, 1.54) is 30.3 Å². The molecule has 0 saturated carbocycles. The minimum atomic E-state index is -0.456. The monoisotopic (exact) mass is 353 g/mol. The first-order valence-corrected chi connectivity index (χ1v) is 7.00. The smallest absolute Gasteiger partial charge is 0.338 e. The van der Waals surface area contributed by atoms with Gasteiger partial charge in [0, 0.05) is 6.07 Å². The van der Waals surface area contributed by atoms with Gasteiger partial charge in [0.1, 0.15) is 17.3 Å². The van der Waals surface area contributed by atoms with Crippen LogP contribution in [-0.2, 0) is 4.74 Å². The second-order valence-corrected chi connectivity index (χ2v) is 5.00. The molecule has 0 heterocycles. The Kier molecular flexibility index (Phi) is 4.80. The van der Waals surface area contributed by atoms with Gasteiger partial charge in [0.15, 0.2) is 0 Å². The highest BCUT2D eigenvalue weighted by atomic mass is 79.9. The lowest BCUT2D eigenvalue weighted by atomic mass is 10.2. The predicted octanol–water partition coefficient (Wildman–Crippen LogP) is 4.14. The molecule has 0 spiro atoms. The molecular formula is C15H13BrFNO3. The van der Waals surface area contributed by atoms with Crippen molar-refractivity contribution in [3.63, 3.8) is 0 Å². The molecule has 0 aliphatic carbocycles. The fourth-order valence-corrected chi connectivity index (χ4v) is 1.98. The van der Waals surface area contributed by atoms with Crippen molar-refractivity contribution in [2.45, 2.75) is 6.92 Å². The van der Waals surface area contributed by atoms with E-state index in [0.29, 0.717) is 21.5 Å². The topological polar surface area (TPSA) is 61.5 Å². The number of anilines is 1. The van der Waals surface area contributed by atoms with Crippen molar-refractivity contribution in [1.82, 2.24) is 0 Å². The molecular weight excluding hydrogens is 341 g/mol. The van der Waals surface area contributed by atoms with Crippen LogP contribution in [-0.4, -0.2) is 12.6 Å². The Morgan fingerprint density at radius 1 is 1.24 bits per heavy atom. The van der Waals surface area contributed by atoms with E-state index in [1.807, 2.05) is 0 Å². The lowest BCUT2D eigenvalue weighted by Gasteiger charge is -2.11. The molecule has 2 aromatic carbocycles. The minimum absolute atomic E-state index is 0.261. The highest BCUT2D eigenvalue weighted by Crippen LogP contribution is 2.33. The first-order valence-electron chi connectivity index (χ1n) is 6.20. The molecule has 0 unspecified atom stereocenters. The quantitative estimate of drug-likeness (QED) is 0.662. The molecule has 2 N–H and O–H groups in total. The molecule has 0 amide bonds. The van der Waals surface area contributed by atoms with E-state index >= 15 is 0 Å². The van der Waals surface area contributed by atoms with E-state index in [1.54, 1.807) is 13.0 Å². The minimum Gasteiger partial charge on any atom is -0.462 e. The number of benzene rings is 2. The molecule has 2 aromatic rings. The molecule has 0 saturated heterocycles. The molecule has 0 aromatic heterocycles. The standard InChI is InChI=1S/C15H13BrFNO3/c1-2-20-15(19)9-3-6-13(12(18)7-9)21-14-8-10(17)4-5-11(14)16/h3-8H,2,18H2,1H3. The van der Waals surface area contributed by atoms with Gasteiger partial charge in [-0.1, -0.05) is 0 Å². The summed E-state index contributed by atoms with van der Waals surface area (Å²) in [7, 11) is 0. The average Bonchev–Trinajstić information content (AvgIpc) is 2.45. The van der Waals surface area contributed by atoms with Gasteiger partial charge in [-0.15, -0.1) is 0 Å². The SMILES string of the molecule is CCOC(=O)c1ccc(Oc2cc(F)ccc2Br)c(N)c1. The second kappa shape index (κ2) is 6.58. The number of halogens is 2. The summed E-state index contributed by atoms with van der Waals surface area (Å²) in [5.41, 5.74) is 6.44. The first kappa shape index (κ1) is 15.3. The number of carbonyl (C=O) groups is 1. The van der Waals surface area contributed by atoms with Gasteiger partial charge in [0.05, 0.1) is 22.3 Å². The molecule has 0 atom stereocenters. The van der Waals surface area contributed by atoms with Crippen molar-refractivity contribution in [3.8, 4) is 11.5 Å². The Hall–Kier alpha value is -2.08. The molecule has 6 heteroatoms. The molecule has 21 heavy (non-hydrogen) atoms. The summed E-state index contributed by atoms with van der Waals surface area (Å²) in [5.74, 6) is -0.252. The van der Waals surface area contributed by atoms with Gasteiger partial charge in [-0.2, -0.15) is 0 Å². The Morgan fingerprint density at radius 3 is 2.67 bits per heavy atom. The van der Waals surface area contributed by atoms with E-state index in [9.17, 15) is 9.18 Å². The Bertz CT molecular complexity index is 676. The highest BCUT2D eigenvalue weighted by molar-refractivity contribution is 9.10. The van der Waals surface area contributed by atoms with E-state index in [2.05, 4.69) is 15.9 Å². The number of esters is 1. The normalized spacial score (nSPS) is 10.2. The Balaban J connectivity index is 2.25. The van der Waals surface area contributed by atoms with Crippen molar-refractivity contribution in [3.05, 3.63) is 52.3 Å². The van der Waals surface area contributed by atoms with Crippen LogP contribution in [0.5, 0.6) is 11.5 Å². The molecule has 0 radical (unpaired) electrons. The van der Waals surface area contributed by atoms with Gasteiger partial charge in [0.25, 0.3) is 0 Å². The fraction of sp³-hybridized carbons (Fsp3) is 0.133. The molecule has 0 aliphatic rings. The molecule has 0 aliphatic heterocycles. The number of ether oxygens (including phenoxy) is 2. The summed E-state index contributed by atoms with van der Waals surface area (Å²) in [6, 6.07) is 8.62. The summed E-state index contributed by atoms with van der Waals surface area (Å²) >= 11 is 3.26. The summed E-state index contributed by atoms with van der Waals surface area (Å²) < 4.78 is 24.2. The zero-order valence-corrected chi connectivity index (χ0v) is 12.8. The van der Waals surface area contributed by atoms with Crippen LogP contribution in [0.2, 0.25) is 0 Å². The van der Waals surface area contributed by atoms with Gasteiger partial charge < -0.3 is 15.2 Å². The van der Waals surface area contributed by atoms with E-state index in [-0.39, 0.29) is 12.3 Å². The van der Waals surface area contributed by atoms with Gasteiger partial charge >= 0.3 is 5.97 Å². The Labute approximate surface area is 129 Å². The number of carbonyl (C=O) groups excluding carboxylic acids is 1. The van der Waals surface area contributed by atoms with Gasteiger partial charge in [-0.3, -0.25) is 0 Å². The van der Waals surface area contributed by atoms with Crippen LogP contribution in [0, 0.1) is 5.82 Å². The zero-order chi connectivity index (χ0) is 15.4. The predicted molar refractivity (Wildman–Crippen MR) is 81.0 cm³/mol. The van der Waals surface area contributed by atoms with Crippen LogP contribution < -0.4 is 10.5 Å². The van der Waals surface area contributed by atoms with Crippen LogP contribution >= 0.6 is 15.9 Å². The van der Waals surface area contributed by atoms with E-state index < -0.39 is 11.8 Å². The van der Waals surface area contributed by atoms with Crippen molar-refractivity contribution in [2.75, 3.05) is 12.3 Å². The molecule has 0 bridgehead atoms. The zero-order valence-electron chi connectivity index (χ0n) is 11.2. The van der Waals surface area contributed by atoms with Crippen LogP contribution in [0.1, 0.15) is 17.3 Å². The van der Waals surface area contributed by atoms with E-state index in [4.69, 9.17) is 15.2 Å². The number of hydrogen-bond acceptors (Lipinski definition) is 4. The summed E-state index contributed by atoms with van der Waals surface area (Å²) in [5, 5.41) is 0. The largest absolute Gasteiger partial charge is 0.462 e. The number of nitrogen functional groups attached to an aromatic ring is 1. The molecule has 2 rings (SSSR count). The lowest BCUT2D eigenvalue weighted by Crippen LogP contribution is -2.05. The Morgan fingerprint density at radius 2 is 2.00 bits per heavy atom. The van der Waals surface area contributed by atoms with Crippen LogP contribution in [0.3, 0.4) is 0 Å². The van der Waals surface area contributed by atoms with Gasteiger partial charge in [-0.05, 0) is 53.2 Å². The van der Waals surface area contributed by atoms with E-state index in [0.717, 1.165) is 0 Å². The van der Waals surface area contributed by atoms with Crippen LogP contribution in [0.25, 0.3) is 0 Å². The summed E-state index contributed by atoms with van der Waals surface area (Å²) in [4.78, 5) is 11.6. The number of nitrogens with two attached hydrogens (primary N) is 1. The maximum absolute atomic E-state index is 13.2. The fourth-order valence-electron chi connectivity index (χ4n) is 1.66. The molecule has 4 nitrogen and oxygen atoms in total. The summed E-state index contributed by atoms with van der Waals surface area (Å²) in [6.07, 6.45) is 0. The summed E-state index contributed by atoms with van der Waals surface area (Å²) in [6.45, 7) is 2.01. The van der Waals surface area contributed by atoms with Crippen LogP contribution in [0.15, 0.2) is 40.9 Å². The van der Waals surface area contributed by atoms with Crippen molar-refractivity contribution >= 4 is 27.6 Å². The number of rotatable bonds is 4. The van der Waals surface area contributed by atoms with Crippen molar-refractivity contribution in [2.24, 2.45) is 0 Å². The maximum atomic E-state index is 13.2. The third-order valence-corrected chi connectivity index (χ3v) is 3.29. The van der Waals surface area contributed by atoms with Gasteiger partial charge in [-0.25, -0.2) is 9.18 Å². The molecule has 0 fully saturated rings.